The molecule has 12 heavy (non-hydrogen) atoms. The van der Waals surface area contributed by atoms with Gasteiger partial charge in [-0.15, -0.1) is 0 Å². The zero-order valence-electron chi connectivity index (χ0n) is 7.45. The zero-order valence-corrected chi connectivity index (χ0v) is 15.6. The van der Waals surface area contributed by atoms with Gasteiger partial charge in [0.2, 0.25) is 0 Å². The summed E-state index contributed by atoms with van der Waals surface area (Å²) in [5, 5.41) is 0. The van der Waals surface area contributed by atoms with Crippen LogP contribution in [0, 0.1) is 0 Å². The summed E-state index contributed by atoms with van der Waals surface area (Å²) in [6, 6.07) is 0. The Hall–Kier alpha value is 2.56. The van der Waals surface area contributed by atoms with Gasteiger partial charge < -0.3 is 0 Å². The van der Waals surface area contributed by atoms with Gasteiger partial charge in [0, 0.05) is 0 Å². The van der Waals surface area contributed by atoms with Gasteiger partial charge in [-0.3, -0.25) is 0 Å². The second-order valence-electron chi connectivity index (χ2n) is 0.908. The molecule has 6 nitrogen and oxygen atoms in total. The van der Waals surface area contributed by atoms with E-state index in [-0.39, 0.29) is 59.1 Å². The molecular formula is C2H8As2Na2O6. The third-order valence-corrected chi connectivity index (χ3v) is 1.73. The van der Waals surface area contributed by atoms with E-state index in [2.05, 4.69) is 7.45 Å². The third kappa shape index (κ3) is 39.0. The maximum atomic E-state index is 9.28. The first kappa shape index (κ1) is 24.0. The first-order valence-electron chi connectivity index (χ1n) is 2.04. The van der Waals surface area contributed by atoms with Crippen LogP contribution in [0.4, 0.5) is 0 Å². The summed E-state index contributed by atoms with van der Waals surface area (Å²) in [6.07, 6.45) is 0. The molecule has 2 unspecified atom stereocenters. The van der Waals surface area contributed by atoms with Crippen molar-refractivity contribution in [1.29, 1.82) is 0 Å². The van der Waals surface area contributed by atoms with Gasteiger partial charge in [0.1, 0.15) is 0 Å². The molecule has 0 radical (unpaired) electrons. The molecule has 0 aliphatic heterocycles. The Kier molecular flexibility index (Phi) is 38.4. The van der Waals surface area contributed by atoms with Gasteiger partial charge in [0.05, 0.1) is 0 Å². The van der Waals surface area contributed by atoms with Crippen LogP contribution in [0.1, 0.15) is 0 Å². The average Bonchev–Trinajstić information content (AvgIpc) is 1.89. The maximum absolute atomic E-state index is 9.28. The Bertz CT molecular complexity index is 106. The van der Waals surface area contributed by atoms with Crippen molar-refractivity contribution in [2.75, 3.05) is 14.2 Å². The molecule has 0 N–H and O–H groups in total. The summed E-state index contributed by atoms with van der Waals surface area (Å²) in [5.74, 6) is 0. The van der Waals surface area contributed by atoms with Gasteiger partial charge in [0.15, 0.2) is 0 Å². The van der Waals surface area contributed by atoms with E-state index in [0.717, 1.165) is 14.2 Å². The molecule has 0 amide bonds. The Labute approximate surface area is 125 Å². The predicted molar refractivity (Wildman–Crippen MR) is 29.7 cm³/mol. The summed E-state index contributed by atoms with van der Waals surface area (Å²) in [7, 11) is 2.30. The van der Waals surface area contributed by atoms with Crippen LogP contribution in [0.3, 0.4) is 0 Å². The minimum atomic E-state index is -3.36. The monoisotopic (exact) mass is 324 g/mol. The van der Waals surface area contributed by atoms with Crippen LogP contribution in [-0.4, -0.2) is 44.8 Å². The van der Waals surface area contributed by atoms with Crippen LogP contribution in [0.25, 0.3) is 0 Å². The van der Waals surface area contributed by atoms with E-state index in [1.165, 1.54) is 0 Å². The Morgan fingerprint density at radius 1 is 0.917 bits per heavy atom. The molecule has 10 heteroatoms. The number of rotatable bonds is 2. The van der Waals surface area contributed by atoms with Crippen molar-refractivity contribution in [3.05, 3.63) is 0 Å². The molecular weight excluding hydrogens is 316 g/mol. The molecule has 0 aromatic rings. The van der Waals surface area contributed by atoms with Gasteiger partial charge >= 0.3 is 127 Å². The Morgan fingerprint density at radius 3 is 1.00 bits per heavy atom. The maximum Gasteiger partial charge on any atom is 1.00 e. The molecule has 0 fully saturated rings. The fraction of sp³-hybridized carbons (Fsp3) is 1.00. The van der Waals surface area contributed by atoms with Gasteiger partial charge in [-0.05, 0) is 0 Å². The van der Waals surface area contributed by atoms with Gasteiger partial charge in [-0.1, -0.05) is 0 Å². The third-order valence-electron chi connectivity index (χ3n) is 0.333. The van der Waals surface area contributed by atoms with E-state index in [1.54, 1.807) is 0 Å². The molecule has 0 saturated carbocycles. The molecule has 0 aromatic heterocycles. The summed E-state index contributed by atoms with van der Waals surface area (Å²) in [5.41, 5.74) is 0. The molecule has 0 spiro atoms. The van der Waals surface area contributed by atoms with Crippen molar-refractivity contribution < 1.29 is 82.2 Å². The fourth-order valence-electron chi connectivity index (χ4n) is 0. The molecule has 0 rings (SSSR count). The predicted octanol–water partition coefficient (Wildman–Crippen LogP) is -9.71. The van der Waals surface area contributed by atoms with Crippen molar-refractivity contribution in [3.8, 4) is 0 Å². The van der Waals surface area contributed by atoms with Crippen LogP contribution in [0.5, 0.6) is 0 Å². The van der Waals surface area contributed by atoms with Crippen LogP contribution < -0.4 is 67.3 Å². The molecule has 0 aliphatic carbocycles. The fourth-order valence-corrected chi connectivity index (χ4v) is 0. The van der Waals surface area contributed by atoms with Gasteiger partial charge in [-0.2, -0.15) is 0 Å². The standard InChI is InChI=1S/2CH5AsO3.2Na/c2*1-5-2(3)4;;/h2*2H,1H3,(H,3,4);;/q;;2*+1/p-2. The Balaban J connectivity index is -0.0000000457. The summed E-state index contributed by atoms with van der Waals surface area (Å²) in [4.78, 5) is 0. The smallest absolute Gasteiger partial charge is 1.00 e. The molecule has 2 atom stereocenters. The molecule has 0 bridgehead atoms. The van der Waals surface area contributed by atoms with Crippen LogP contribution in [-0.2, 0) is 14.9 Å². The molecule has 0 aliphatic rings. The number of hydrogen-bond donors (Lipinski definition) is 0. The second kappa shape index (κ2) is 19.2. The largest absolute Gasteiger partial charge is 1.00 e. The van der Waals surface area contributed by atoms with Crippen molar-refractivity contribution in [3.63, 3.8) is 0 Å². The van der Waals surface area contributed by atoms with Crippen LogP contribution in [0.2, 0.25) is 0 Å². The first-order valence-corrected chi connectivity index (χ1v) is 7.18. The van der Waals surface area contributed by atoms with Gasteiger partial charge in [-0.25, -0.2) is 0 Å². The van der Waals surface area contributed by atoms with E-state index in [4.69, 9.17) is 0 Å². The molecule has 0 heterocycles. The number of hydrogen-bond acceptors (Lipinski definition) is 6. The van der Waals surface area contributed by atoms with Crippen LogP contribution >= 0.6 is 0 Å². The van der Waals surface area contributed by atoms with E-state index in [0.29, 0.717) is 0 Å². The molecule has 0 saturated heterocycles. The van der Waals surface area contributed by atoms with Crippen molar-refractivity contribution >= 4 is 30.5 Å². The summed E-state index contributed by atoms with van der Waals surface area (Å²) in [6.45, 7) is 0. The topological polar surface area (TPSA) is 98.7 Å². The minimum absolute atomic E-state index is 0. The SMILES string of the molecule is CO[AsH](=O)[O-].CO[AsH](=O)[O-].[Na+].[Na+]. The van der Waals surface area contributed by atoms with Crippen molar-refractivity contribution in [1.82, 2.24) is 0 Å². The van der Waals surface area contributed by atoms with E-state index in [1.807, 2.05) is 0 Å². The van der Waals surface area contributed by atoms with Gasteiger partial charge in [0.25, 0.3) is 0 Å². The average molecular weight is 324 g/mol. The van der Waals surface area contributed by atoms with Crippen molar-refractivity contribution in [2.45, 2.75) is 0 Å². The normalized spacial score (nSPS) is 12.3. The first-order chi connectivity index (χ1) is 4.54. The zero-order chi connectivity index (χ0) is 8.57. The summed E-state index contributed by atoms with van der Waals surface area (Å²) < 4.78 is 44.8. The minimum Gasteiger partial charge on any atom is 1.00 e. The molecule has 64 valence electrons. The Morgan fingerprint density at radius 2 is 1.00 bits per heavy atom. The quantitative estimate of drug-likeness (QED) is 0.468. The van der Waals surface area contributed by atoms with Crippen LogP contribution in [0.15, 0.2) is 0 Å². The van der Waals surface area contributed by atoms with E-state index in [9.17, 15) is 15.7 Å². The van der Waals surface area contributed by atoms with Crippen molar-refractivity contribution in [2.24, 2.45) is 0 Å². The molecule has 0 aromatic carbocycles. The second-order valence-corrected chi connectivity index (χ2v) is 4.72. The van der Waals surface area contributed by atoms with E-state index < -0.39 is 30.5 Å². The van der Waals surface area contributed by atoms with E-state index >= 15 is 0 Å². The summed E-state index contributed by atoms with van der Waals surface area (Å²) >= 11 is -6.71.